The van der Waals surface area contributed by atoms with E-state index >= 15 is 0 Å². The summed E-state index contributed by atoms with van der Waals surface area (Å²) in [6.45, 7) is 2.68. The molecule has 0 aliphatic heterocycles. The number of rotatable bonds is 6. The van der Waals surface area contributed by atoms with Crippen molar-refractivity contribution in [3.05, 3.63) is 75.3 Å². The average molecular weight is 402 g/mol. The van der Waals surface area contributed by atoms with E-state index in [0.717, 1.165) is 22.4 Å². The van der Waals surface area contributed by atoms with Gasteiger partial charge in [0.15, 0.2) is 0 Å². The molecule has 0 spiro atoms. The number of aliphatic imine (C=N–C) groups is 1. The quantitative estimate of drug-likeness (QED) is 0.597. The third-order valence-electron chi connectivity index (χ3n) is 4.52. The third-order valence-corrected chi connectivity index (χ3v) is 4.52. The number of nitrogens with two attached hydrogens (primary N) is 1. The maximum Gasteiger partial charge on any atom is 0.254 e. The maximum absolute atomic E-state index is 12.6. The molecule has 3 rings (SSSR count). The van der Waals surface area contributed by atoms with Gasteiger partial charge in [-0.25, -0.2) is 0 Å². The number of hydrogen-bond acceptors (Lipinski definition) is 4. The first-order valence-electron chi connectivity index (χ1n) is 9.70. The highest BCUT2D eigenvalue weighted by Crippen LogP contribution is 2.27. The highest BCUT2D eigenvalue weighted by molar-refractivity contribution is 5.78. The van der Waals surface area contributed by atoms with Crippen molar-refractivity contribution in [2.75, 3.05) is 13.7 Å². The van der Waals surface area contributed by atoms with E-state index in [1.54, 1.807) is 17.8 Å². The van der Waals surface area contributed by atoms with Gasteiger partial charge in [-0.3, -0.25) is 9.79 Å². The zero-order valence-corrected chi connectivity index (χ0v) is 17.5. The predicted molar refractivity (Wildman–Crippen MR) is 123 cm³/mol. The molecule has 1 heterocycles. The van der Waals surface area contributed by atoms with Crippen molar-refractivity contribution >= 4 is 6.21 Å². The molecule has 2 N–H and O–H groups in total. The smallest absolute Gasteiger partial charge is 0.254 e. The number of nitrogens with zero attached hydrogens (tertiary/aromatic N) is 2. The molecule has 154 valence electrons. The van der Waals surface area contributed by atoms with Crippen molar-refractivity contribution in [3.8, 4) is 30.4 Å². The Morgan fingerprint density at radius 3 is 2.57 bits per heavy atom. The fraction of sp³-hybridized carbons (Fsp3) is 0.280. The molecule has 0 radical (unpaired) electrons. The fourth-order valence-electron chi connectivity index (χ4n) is 2.73. The van der Waals surface area contributed by atoms with Gasteiger partial charge in [0.1, 0.15) is 12.4 Å². The lowest BCUT2D eigenvalue weighted by atomic mass is 10.1. The van der Waals surface area contributed by atoms with Gasteiger partial charge in [-0.15, -0.1) is 12.8 Å². The van der Waals surface area contributed by atoms with Crippen LogP contribution in [0, 0.1) is 37.5 Å². The van der Waals surface area contributed by atoms with Crippen molar-refractivity contribution in [1.82, 2.24) is 4.57 Å². The number of pyridine rings is 1. The van der Waals surface area contributed by atoms with Crippen LogP contribution in [0.3, 0.4) is 0 Å². The van der Waals surface area contributed by atoms with Crippen LogP contribution in [-0.4, -0.2) is 24.4 Å². The molecule has 1 aromatic heterocycles. The molecule has 1 aliphatic carbocycles. The van der Waals surface area contributed by atoms with Gasteiger partial charge in [-0.1, -0.05) is 24.0 Å². The number of hydrogen-bond donors (Lipinski definition) is 1. The van der Waals surface area contributed by atoms with Gasteiger partial charge >= 0.3 is 0 Å². The zero-order valence-electron chi connectivity index (χ0n) is 17.5. The minimum atomic E-state index is -0.102. The van der Waals surface area contributed by atoms with Crippen LogP contribution in [-0.2, 0) is 6.54 Å². The molecule has 1 aromatic carbocycles. The van der Waals surface area contributed by atoms with E-state index in [4.69, 9.17) is 10.5 Å². The first kappa shape index (κ1) is 22.6. The first-order valence-corrected chi connectivity index (χ1v) is 9.70. The second kappa shape index (κ2) is 11.3. The summed E-state index contributed by atoms with van der Waals surface area (Å²) in [5, 5.41) is 0. The Balaban J connectivity index is 0.00000155. The largest absolute Gasteiger partial charge is 0.489 e. The van der Waals surface area contributed by atoms with Crippen molar-refractivity contribution in [2.24, 2.45) is 16.6 Å². The Morgan fingerprint density at radius 2 is 2.00 bits per heavy atom. The van der Waals surface area contributed by atoms with Gasteiger partial charge < -0.3 is 15.0 Å². The second-order valence-electron chi connectivity index (χ2n) is 6.91. The average Bonchev–Trinajstić information content (AvgIpc) is 3.59. The Kier molecular flexibility index (Phi) is 8.54. The monoisotopic (exact) mass is 401 g/mol. The molecule has 1 saturated carbocycles. The molecule has 1 aliphatic rings. The van der Waals surface area contributed by atoms with E-state index in [2.05, 4.69) is 29.7 Å². The predicted octanol–water partition coefficient (Wildman–Crippen LogP) is 3.14. The molecule has 0 amide bonds. The molecule has 0 atom stereocenters. The van der Waals surface area contributed by atoms with Crippen LogP contribution in [0.25, 0.3) is 0 Å². The van der Waals surface area contributed by atoms with Gasteiger partial charge in [0.2, 0.25) is 0 Å². The van der Waals surface area contributed by atoms with E-state index in [-0.39, 0.29) is 12.2 Å². The van der Waals surface area contributed by atoms with Crippen LogP contribution in [0.5, 0.6) is 5.75 Å². The minimum absolute atomic E-state index is 0.102. The van der Waals surface area contributed by atoms with E-state index in [1.807, 2.05) is 37.3 Å². The topological polar surface area (TPSA) is 69.6 Å². The van der Waals surface area contributed by atoms with Crippen LogP contribution < -0.4 is 16.0 Å². The Hall–Kier alpha value is -3.70. The summed E-state index contributed by atoms with van der Waals surface area (Å²) < 4.78 is 7.40. The van der Waals surface area contributed by atoms with Gasteiger partial charge in [-0.05, 0) is 43.5 Å². The normalized spacial score (nSPS) is 13.1. The van der Waals surface area contributed by atoms with Crippen molar-refractivity contribution in [1.29, 1.82) is 0 Å². The van der Waals surface area contributed by atoms with Crippen LogP contribution in [0.1, 0.15) is 29.7 Å². The van der Waals surface area contributed by atoms with Crippen LogP contribution in [0.2, 0.25) is 0 Å². The molecule has 0 saturated heterocycles. The molecule has 2 aromatic rings. The number of terminal acetylenes is 1. The summed E-state index contributed by atoms with van der Waals surface area (Å²) in [5.74, 6) is 7.58. The maximum atomic E-state index is 12.6. The Labute approximate surface area is 178 Å². The minimum Gasteiger partial charge on any atom is -0.489 e. The summed E-state index contributed by atoms with van der Waals surface area (Å²) in [5.41, 5.74) is 9.09. The highest BCUT2D eigenvalue weighted by atomic mass is 16.5. The first-order chi connectivity index (χ1) is 14.6. The number of aryl methyl sites for hydroxylation is 1. The number of ether oxygens (including phenoxy) is 1. The van der Waals surface area contributed by atoms with Gasteiger partial charge in [-0.2, -0.15) is 0 Å². The third kappa shape index (κ3) is 6.72. The molecular formula is C25H27N3O2. The van der Waals surface area contributed by atoms with Crippen LogP contribution in [0.4, 0.5) is 0 Å². The van der Waals surface area contributed by atoms with Crippen molar-refractivity contribution in [2.45, 2.75) is 26.3 Å². The summed E-state index contributed by atoms with van der Waals surface area (Å²) in [6, 6.07) is 11.4. The highest BCUT2D eigenvalue weighted by Gasteiger charge is 2.17. The van der Waals surface area contributed by atoms with Gasteiger partial charge in [0, 0.05) is 48.3 Å². The Morgan fingerprint density at radius 1 is 1.30 bits per heavy atom. The second-order valence-corrected chi connectivity index (χ2v) is 6.91. The lowest BCUT2D eigenvalue weighted by Crippen LogP contribution is -2.22. The summed E-state index contributed by atoms with van der Waals surface area (Å²) in [7, 11) is 1.67. The van der Waals surface area contributed by atoms with E-state index in [1.165, 1.54) is 25.1 Å². The molecular weight excluding hydrogens is 374 g/mol. The SMILES string of the molecule is C#C.CN=C/C(=C\N)COc1cc(C)n(Cc2ccc(C#CC3CC3)cc2)c(=O)c1. The van der Waals surface area contributed by atoms with Gasteiger partial charge in [0.25, 0.3) is 5.56 Å². The number of aromatic nitrogens is 1. The van der Waals surface area contributed by atoms with Crippen molar-refractivity contribution < 1.29 is 4.74 Å². The zero-order chi connectivity index (χ0) is 21.9. The number of benzene rings is 1. The lowest BCUT2D eigenvalue weighted by Gasteiger charge is -2.13. The molecule has 5 heteroatoms. The summed E-state index contributed by atoms with van der Waals surface area (Å²) >= 11 is 0. The van der Waals surface area contributed by atoms with E-state index < -0.39 is 0 Å². The Bertz CT molecular complexity index is 1040. The summed E-state index contributed by atoms with van der Waals surface area (Å²) in [6.07, 6.45) is 13.5. The molecule has 0 bridgehead atoms. The molecule has 0 unspecified atom stereocenters. The summed E-state index contributed by atoms with van der Waals surface area (Å²) in [4.78, 5) is 16.5. The molecule has 1 fully saturated rings. The van der Waals surface area contributed by atoms with Crippen molar-refractivity contribution in [3.63, 3.8) is 0 Å². The van der Waals surface area contributed by atoms with E-state index in [9.17, 15) is 4.79 Å². The van der Waals surface area contributed by atoms with Gasteiger partial charge in [0.05, 0.1) is 6.54 Å². The van der Waals surface area contributed by atoms with Crippen LogP contribution in [0.15, 0.2) is 58.0 Å². The molecule has 30 heavy (non-hydrogen) atoms. The molecule has 5 nitrogen and oxygen atoms in total. The van der Waals surface area contributed by atoms with E-state index in [0.29, 0.717) is 18.2 Å². The standard InChI is InChI=1S/C23H25N3O2.C2H2/c1-17-11-22(28-16-21(13-24)14-25-2)12-23(27)26(17)15-20-9-7-19(8-10-20)6-5-18-3-4-18;1-2/h7-14,18H,3-4,15-16,24H2,1-2H3;1-2H/b21-13+,25-14?;. The van der Waals surface area contributed by atoms with Crippen LogP contribution >= 0.6 is 0 Å². The fourth-order valence-corrected chi connectivity index (χ4v) is 2.73. The lowest BCUT2D eigenvalue weighted by molar-refractivity contribution is 0.355.